The fraction of sp³-hybridized carbons (Fsp3) is 0.917. The number of unbranched alkanes of at least 4 members (excludes halogenated alkanes) is 9. The maximum atomic E-state index is 13.8. The average Bonchev–Trinajstić information content (AvgIpc) is 1.65. The lowest BCUT2D eigenvalue weighted by Crippen LogP contribution is -2.64. The van der Waals surface area contributed by atoms with Crippen molar-refractivity contribution < 1.29 is 219 Å². The monoisotopic (exact) mass is 2010 g/mol. The van der Waals surface area contributed by atoms with Gasteiger partial charge in [-0.3, -0.25) is 59.2 Å². The van der Waals surface area contributed by atoms with E-state index in [0.717, 1.165) is 6.66 Å². The molecule has 4 aliphatic rings. The first-order valence-corrected chi connectivity index (χ1v) is 52.2. The number of carbonyl (C=O) groups excluding carboxylic acids is 1. The van der Waals surface area contributed by atoms with Crippen molar-refractivity contribution in [3.8, 4) is 0 Å². The molecule has 18 N–H and O–H groups in total. The summed E-state index contributed by atoms with van der Waals surface area (Å²) in [5.74, 6) is -2.31. The van der Waals surface area contributed by atoms with Crippen LogP contribution in [0.2, 0.25) is 0 Å². The number of nitrogens with two attached hydrogens (primary N) is 1. The van der Waals surface area contributed by atoms with Crippen LogP contribution in [0.3, 0.4) is 0 Å². The molecular weight excluding hydrogens is 1870 g/mol. The molecule has 4 saturated heterocycles. The summed E-state index contributed by atoms with van der Waals surface area (Å²) in [5, 5.41) is 92.9. The summed E-state index contributed by atoms with van der Waals surface area (Å²) >= 11 is 0. The SMILES string of the molecule is COCC(COCOP(=O)(O)OCC(COCCCOP(=O)(O)OCCCCCCO[C@@H]1OC(CO)[C@H](O)[C@H](O)C1C)(COCCCOP(=O)(O)OCCCCCCO[C@@H]1OC(CO)[C@H](O)[C@H](O)C1C)COCCCOP(=O)(O)OCCCCCCO[C@@H]1OC(CO)[C@H](O)[C@H](O)C1NC(C)=O)COCOP(=O)(O)O[C@H]1C[C@H](n2cnc3c(N)ncnc32)O[C@@H]1COP(C)(=O)O. The quantitative estimate of drug-likeness (QED) is 0.0255. The zero-order chi connectivity index (χ0) is 95.6. The first-order valence-electron chi connectivity index (χ1n) is 42.7. The summed E-state index contributed by atoms with van der Waals surface area (Å²) in [6.45, 7) is -3.14. The first-order chi connectivity index (χ1) is 61.7. The number of carbonyl (C=O) groups is 1. The van der Waals surface area contributed by atoms with Gasteiger partial charge in [0.25, 0.3) is 0 Å². The van der Waals surface area contributed by atoms with Crippen LogP contribution in [0.5, 0.6) is 0 Å². The van der Waals surface area contributed by atoms with Gasteiger partial charge in [0.15, 0.2) is 43.9 Å². The molecule has 52 nitrogen and oxygen atoms in total. The molecule has 2 aromatic heterocycles. The van der Waals surface area contributed by atoms with E-state index >= 15 is 0 Å². The second-order valence-electron chi connectivity index (χ2n) is 31.5. The lowest BCUT2D eigenvalue weighted by atomic mass is 9.92. The van der Waals surface area contributed by atoms with Gasteiger partial charge >= 0.3 is 46.7 Å². The number of nitrogens with one attached hydrogen (secondary N) is 1. The fourth-order valence-corrected chi connectivity index (χ4v) is 17.8. The Morgan fingerprint density at radius 3 is 1.30 bits per heavy atom. The number of imidazole rings is 1. The third-order valence-electron chi connectivity index (χ3n) is 20.5. The van der Waals surface area contributed by atoms with Crippen molar-refractivity contribution in [3.63, 3.8) is 0 Å². The van der Waals surface area contributed by atoms with E-state index in [-0.39, 0.29) is 135 Å². The topological polar surface area (TPSA) is 726 Å². The van der Waals surface area contributed by atoms with E-state index in [1.807, 2.05) is 0 Å². The summed E-state index contributed by atoms with van der Waals surface area (Å²) in [6, 6.07) is -1.13. The molecule has 58 heteroatoms. The van der Waals surface area contributed by atoms with Crippen LogP contribution in [-0.2, 0) is 144 Å². The molecule has 6 heterocycles. The molecule has 2 aromatic rings. The van der Waals surface area contributed by atoms with E-state index < -0.39 is 247 Å². The van der Waals surface area contributed by atoms with E-state index in [1.54, 1.807) is 13.8 Å². The van der Waals surface area contributed by atoms with Gasteiger partial charge in [-0.05, 0) is 57.8 Å². The maximum absolute atomic E-state index is 13.8. The molecule has 0 aliphatic carbocycles. The van der Waals surface area contributed by atoms with Crippen molar-refractivity contribution in [2.45, 2.75) is 222 Å². The average molecular weight is 2010 g/mol. The Morgan fingerprint density at radius 2 is 0.877 bits per heavy atom. The summed E-state index contributed by atoms with van der Waals surface area (Å²) in [7, 11) is -26.8. The third kappa shape index (κ3) is 43.2. The number of aliphatic hydroxyl groups excluding tert-OH is 9. The number of ether oxygens (including phenoxy) is 13. The van der Waals surface area contributed by atoms with Gasteiger partial charge in [-0.1, -0.05) is 52.4 Å². The number of phosphoric ester groups is 5. The van der Waals surface area contributed by atoms with Crippen molar-refractivity contribution in [1.29, 1.82) is 0 Å². The van der Waals surface area contributed by atoms with Crippen LogP contribution in [0.4, 0.5) is 5.82 Å². The summed E-state index contributed by atoms with van der Waals surface area (Å²) in [6.07, 6.45) is -9.37. The predicted octanol–water partition coefficient (Wildman–Crippen LogP) is 1.81. The van der Waals surface area contributed by atoms with Crippen LogP contribution < -0.4 is 11.1 Å². The third-order valence-corrected chi connectivity index (χ3v) is 26.0. The number of fused-ring (bicyclic) bond motifs is 1. The molecule has 4 aliphatic heterocycles. The number of rotatable bonds is 73. The molecule has 0 bridgehead atoms. The van der Waals surface area contributed by atoms with Crippen molar-refractivity contribution in [2.24, 2.45) is 23.2 Å². The van der Waals surface area contributed by atoms with Crippen molar-refractivity contribution >= 4 is 69.6 Å². The molecule has 760 valence electrons. The Bertz CT molecular complexity index is 3700. The second kappa shape index (κ2) is 59.9. The molecule has 6 rings (SSSR count). The van der Waals surface area contributed by atoms with Gasteiger partial charge in [-0.15, -0.1) is 0 Å². The minimum atomic E-state index is -5.17. The van der Waals surface area contributed by atoms with E-state index in [9.17, 15) is 108 Å². The van der Waals surface area contributed by atoms with Crippen LogP contribution in [0.1, 0.15) is 130 Å². The zero-order valence-electron chi connectivity index (χ0n) is 73.5. The molecule has 0 aromatic carbocycles. The largest absolute Gasteiger partial charge is 0.474 e. The van der Waals surface area contributed by atoms with Crippen LogP contribution >= 0.6 is 46.7 Å². The number of aromatic nitrogens is 4. The van der Waals surface area contributed by atoms with Crippen LogP contribution in [0.25, 0.3) is 11.2 Å². The van der Waals surface area contributed by atoms with Gasteiger partial charge in [-0.25, -0.2) is 37.8 Å². The standard InChI is InChI=1S/C72H136N6O46P6/c1-49-61(83)63(85)54(34-79)121-69(49)107-24-12-6-9-15-27-110-126(91,92)113-30-18-21-102-41-72(42-103-22-19-31-114-127(93,94)111-28-16-10-7-13-25-108-70-50(2)62(84)64(86)55(35-80)122-70,43-104-23-20-32-115-128(95,96)112-29-17-11-8-14-26-109-71-59(77-51(3)82)66(88)65(87)56(36-81)123-71)44-117-129(97,98)118-47-105-38-52(37-101-4)39-106-48-119-130(99,100)124-53-33-58(120-57(53)40-116-125(5,89)90)78-46-76-60-67(73)74-45-75-68(60)78/h45-46,49-50,52-59,61-66,69-71,79-81,83-88H,6-44,47-48H2,1-5H3,(H,77,82)(H,89,90)(H,91,92)(H,93,94)(H,95,96)(H,97,98)(H,99,100)(H2,73,74,75)/t49?,50?,52?,53-,54?,55?,56?,57+,58+,59?,61+,62+,63-,64-,65-,66+,69+,70+,71+,72?/m0/s1. The van der Waals surface area contributed by atoms with Gasteiger partial charge in [0.05, 0.1) is 136 Å². The molecule has 25 atom stereocenters. The number of nitrogen functional groups attached to an aromatic ring is 1. The van der Waals surface area contributed by atoms with E-state index in [0.29, 0.717) is 77.0 Å². The van der Waals surface area contributed by atoms with Gasteiger partial charge < -0.3 is 152 Å². The first kappa shape index (κ1) is 116. The highest BCUT2D eigenvalue weighted by Gasteiger charge is 2.48. The summed E-state index contributed by atoms with van der Waals surface area (Å²) in [4.78, 5) is 87.6. The number of aliphatic hydroxyl groups is 9. The molecule has 130 heavy (non-hydrogen) atoms. The van der Waals surface area contributed by atoms with E-state index in [1.165, 1.54) is 31.3 Å². The number of anilines is 1. The minimum absolute atomic E-state index is 0.0487. The molecule has 4 fully saturated rings. The molecular formula is C72H136N6O46P6. The van der Waals surface area contributed by atoms with Crippen molar-refractivity contribution in [1.82, 2.24) is 24.8 Å². The Hall–Kier alpha value is -2.36. The minimum Gasteiger partial charge on any atom is -0.394 e. The Balaban J connectivity index is 1.03. The summed E-state index contributed by atoms with van der Waals surface area (Å²) in [5.41, 5.74) is 4.81. The molecule has 0 spiro atoms. The highest BCUT2D eigenvalue weighted by atomic mass is 31.2. The second-order valence-corrected chi connectivity index (χ2v) is 40.6. The lowest BCUT2D eigenvalue weighted by molar-refractivity contribution is -0.282. The molecule has 1 amide bonds. The molecule has 0 radical (unpaired) electrons. The number of nitrogens with zero attached hydrogens (tertiary/aromatic N) is 4. The van der Waals surface area contributed by atoms with Crippen LogP contribution in [0, 0.1) is 23.2 Å². The van der Waals surface area contributed by atoms with Gasteiger partial charge in [-0.2, -0.15) is 0 Å². The summed E-state index contributed by atoms with van der Waals surface area (Å²) < 4.78 is 212. The molecule has 0 saturated carbocycles. The van der Waals surface area contributed by atoms with Crippen LogP contribution in [0.15, 0.2) is 12.7 Å². The predicted molar refractivity (Wildman–Crippen MR) is 446 cm³/mol. The molecule has 13 unspecified atom stereocenters. The normalized spacial score (nSPS) is 28.6. The highest BCUT2D eigenvalue weighted by Crippen LogP contribution is 2.51. The Labute approximate surface area is 753 Å². The number of phosphoric acid groups is 5. The van der Waals surface area contributed by atoms with Gasteiger partial charge in [0.2, 0.25) is 5.91 Å². The van der Waals surface area contributed by atoms with Gasteiger partial charge in [0, 0.05) is 84.5 Å². The van der Waals surface area contributed by atoms with Crippen LogP contribution in [-0.4, -0.2) is 372 Å². The van der Waals surface area contributed by atoms with E-state index in [2.05, 4.69) is 20.3 Å². The Morgan fingerprint density at radius 1 is 0.477 bits per heavy atom. The number of amides is 1. The fourth-order valence-electron chi connectivity index (χ4n) is 13.4. The maximum Gasteiger partial charge on any atom is 0.474 e. The lowest BCUT2D eigenvalue weighted by Gasteiger charge is -2.42. The zero-order valence-corrected chi connectivity index (χ0v) is 78.9. The van der Waals surface area contributed by atoms with Crippen molar-refractivity contribution in [2.75, 3.05) is 185 Å². The van der Waals surface area contributed by atoms with Crippen molar-refractivity contribution in [3.05, 3.63) is 12.7 Å². The number of hydrogen-bond acceptors (Lipinski definition) is 44. The number of hydrogen-bond donors (Lipinski definition) is 17. The van der Waals surface area contributed by atoms with E-state index in [4.69, 9.17) is 117 Å². The highest BCUT2D eigenvalue weighted by molar-refractivity contribution is 7.52. The Kier molecular flexibility index (Phi) is 53.6. The van der Waals surface area contributed by atoms with Gasteiger partial charge in [0.1, 0.15) is 79.0 Å². The smallest absolute Gasteiger partial charge is 0.394 e. The number of methoxy groups -OCH3 is 1.